The van der Waals surface area contributed by atoms with Crippen LogP contribution < -0.4 is 15.9 Å². The SMILES string of the molecule is C#Cc1ccc(/C=C/C(C=C2COCC2=C)=C([C]#[Os])[P+](c2ccccc2)(c2ccccc2)c2ccccc2)cc1. The molecular formula is C37H29OOsP+. The Morgan fingerprint density at radius 3 is 1.73 bits per heavy atom. The van der Waals surface area contributed by atoms with Gasteiger partial charge in [-0.3, -0.25) is 0 Å². The van der Waals surface area contributed by atoms with Gasteiger partial charge in [-0.05, 0) is 0 Å². The van der Waals surface area contributed by atoms with E-state index < -0.39 is 7.26 Å². The minimum absolute atomic E-state index is 0.555. The molecule has 1 fully saturated rings. The van der Waals surface area contributed by atoms with Gasteiger partial charge in [0.05, 0.1) is 0 Å². The van der Waals surface area contributed by atoms with E-state index in [2.05, 4.69) is 138 Å². The second-order valence-corrected chi connectivity index (χ2v) is 13.4. The number of allylic oxidation sites excluding steroid dienone is 4. The Bertz CT molecular complexity index is 1570. The molecule has 0 atom stereocenters. The van der Waals surface area contributed by atoms with Gasteiger partial charge in [-0.15, -0.1) is 0 Å². The molecule has 0 bridgehead atoms. The van der Waals surface area contributed by atoms with Gasteiger partial charge in [0.25, 0.3) is 0 Å². The summed E-state index contributed by atoms with van der Waals surface area (Å²) >= 11 is 1.78. The molecular weight excluding hydrogens is 682 g/mol. The molecule has 1 aliphatic rings. The molecule has 3 heteroatoms. The van der Waals surface area contributed by atoms with Crippen molar-refractivity contribution < 1.29 is 22.7 Å². The van der Waals surface area contributed by atoms with E-state index in [0.717, 1.165) is 27.8 Å². The molecule has 0 aliphatic carbocycles. The number of hydrogen-bond donors (Lipinski definition) is 0. The summed E-state index contributed by atoms with van der Waals surface area (Å²) in [5, 5.41) is 5.03. The van der Waals surface area contributed by atoms with Crippen LogP contribution in [0.5, 0.6) is 0 Å². The van der Waals surface area contributed by atoms with Gasteiger partial charge in [-0.25, -0.2) is 0 Å². The number of ether oxygens (including phenoxy) is 1. The average molecular weight is 711 g/mol. The van der Waals surface area contributed by atoms with Crippen LogP contribution in [0.4, 0.5) is 0 Å². The third-order valence-electron chi connectivity index (χ3n) is 6.97. The summed E-state index contributed by atoms with van der Waals surface area (Å²) in [7, 11) is -2.35. The van der Waals surface area contributed by atoms with E-state index >= 15 is 0 Å². The van der Waals surface area contributed by atoms with Gasteiger partial charge in [0.1, 0.15) is 0 Å². The fraction of sp³-hybridized carbons (Fsp3) is 0.0541. The predicted octanol–water partition coefficient (Wildman–Crippen LogP) is 6.95. The second-order valence-electron chi connectivity index (χ2n) is 9.44. The zero-order valence-electron chi connectivity index (χ0n) is 22.1. The summed E-state index contributed by atoms with van der Waals surface area (Å²) in [5.41, 5.74) is 5.18. The number of rotatable bonds is 7. The molecule has 1 saturated heterocycles. The normalized spacial score (nSPS) is 15.1. The van der Waals surface area contributed by atoms with E-state index in [-0.39, 0.29) is 0 Å². The molecule has 0 saturated carbocycles. The van der Waals surface area contributed by atoms with Crippen molar-refractivity contribution in [3.05, 3.63) is 167 Å². The molecule has 0 N–H and O–H groups in total. The molecule has 0 spiro atoms. The average Bonchev–Trinajstić information content (AvgIpc) is 3.43. The van der Waals surface area contributed by atoms with Gasteiger partial charge in [0.15, 0.2) is 0 Å². The first kappa shape index (κ1) is 27.8. The van der Waals surface area contributed by atoms with Gasteiger partial charge in [0.2, 0.25) is 0 Å². The van der Waals surface area contributed by atoms with E-state index in [1.54, 1.807) is 17.9 Å². The van der Waals surface area contributed by atoms with Gasteiger partial charge in [-0.2, -0.15) is 0 Å². The van der Waals surface area contributed by atoms with Crippen molar-refractivity contribution in [2.75, 3.05) is 13.2 Å². The van der Waals surface area contributed by atoms with Crippen molar-refractivity contribution in [2.45, 2.75) is 0 Å². The minimum atomic E-state index is -2.35. The van der Waals surface area contributed by atoms with Gasteiger partial charge in [0, 0.05) is 0 Å². The molecule has 1 nitrogen and oxygen atoms in total. The van der Waals surface area contributed by atoms with E-state index in [9.17, 15) is 0 Å². The van der Waals surface area contributed by atoms with Crippen LogP contribution in [-0.2, 0) is 22.7 Å². The Balaban J connectivity index is 1.86. The summed E-state index contributed by atoms with van der Waals surface area (Å²) in [4.78, 5) is 0. The Morgan fingerprint density at radius 2 is 1.30 bits per heavy atom. The zero-order chi connectivity index (χ0) is 27.8. The van der Waals surface area contributed by atoms with Crippen molar-refractivity contribution in [1.82, 2.24) is 0 Å². The molecule has 0 radical (unpaired) electrons. The van der Waals surface area contributed by atoms with Crippen molar-refractivity contribution in [3.63, 3.8) is 0 Å². The fourth-order valence-corrected chi connectivity index (χ4v) is 10.8. The summed E-state index contributed by atoms with van der Waals surface area (Å²) in [6.07, 6.45) is 12.2. The maximum atomic E-state index is 5.77. The van der Waals surface area contributed by atoms with Crippen LogP contribution in [0, 0.1) is 16.7 Å². The Hall–Kier alpha value is -3.79. The number of terminal acetylenes is 1. The molecule has 0 amide bonds. The van der Waals surface area contributed by atoms with Crippen molar-refractivity contribution in [3.8, 4) is 16.7 Å². The van der Waals surface area contributed by atoms with Crippen molar-refractivity contribution in [1.29, 1.82) is 0 Å². The molecule has 40 heavy (non-hydrogen) atoms. The summed E-state index contributed by atoms with van der Waals surface area (Å²) in [5.74, 6) is 2.70. The van der Waals surface area contributed by atoms with Crippen LogP contribution in [-0.4, -0.2) is 13.2 Å². The summed E-state index contributed by atoms with van der Waals surface area (Å²) < 4.78 is 9.51. The summed E-state index contributed by atoms with van der Waals surface area (Å²) in [6, 6.07) is 40.7. The fourth-order valence-electron chi connectivity index (χ4n) is 4.98. The third kappa shape index (κ3) is 5.72. The van der Waals surface area contributed by atoms with Crippen LogP contribution in [0.1, 0.15) is 11.1 Å². The summed E-state index contributed by atoms with van der Waals surface area (Å²) in [6.45, 7) is 5.39. The molecule has 1 aliphatic heterocycles. The topological polar surface area (TPSA) is 9.23 Å². The van der Waals surface area contributed by atoms with Crippen LogP contribution in [0.15, 0.2) is 156 Å². The zero-order valence-corrected chi connectivity index (χ0v) is 25.5. The first-order valence-electron chi connectivity index (χ1n) is 13.0. The van der Waals surface area contributed by atoms with E-state index in [1.807, 2.05) is 12.1 Å². The Morgan fingerprint density at radius 1 is 0.775 bits per heavy atom. The van der Waals surface area contributed by atoms with E-state index in [1.165, 1.54) is 21.2 Å². The van der Waals surface area contributed by atoms with Crippen LogP contribution in [0.25, 0.3) is 6.08 Å². The molecule has 0 unspecified atom stereocenters. The first-order valence-corrected chi connectivity index (χ1v) is 16.1. The maximum absolute atomic E-state index is 5.77. The molecule has 1 heterocycles. The van der Waals surface area contributed by atoms with Gasteiger partial charge >= 0.3 is 249 Å². The van der Waals surface area contributed by atoms with Crippen molar-refractivity contribution >= 4 is 29.3 Å². The van der Waals surface area contributed by atoms with Gasteiger partial charge < -0.3 is 0 Å². The molecule has 4 aromatic carbocycles. The second kappa shape index (κ2) is 13.0. The van der Waals surface area contributed by atoms with Crippen molar-refractivity contribution in [2.24, 2.45) is 0 Å². The monoisotopic (exact) mass is 712 g/mol. The number of hydrogen-bond acceptors (Lipinski definition) is 1. The van der Waals surface area contributed by atoms with E-state index in [0.29, 0.717) is 13.2 Å². The number of benzene rings is 4. The van der Waals surface area contributed by atoms with Crippen LogP contribution >= 0.6 is 7.26 Å². The van der Waals surface area contributed by atoms with E-state index in [4.69, 9.17) is 11.2 Å². The Kier molecular flexibility index (Phi) is 9.05. The molecule has 195 valence electrons. The standard InChI is InChI=1S/C37H29OP.Os/c1-4-31-20-22-32(23-21-31)24-25-33(26-34-28-38-27-29(34)2)30(3)39(35-14-8-5-9-15-35,36-16-10-6-11-17-36)37-18-12-7-13-19-37;/h1,5-26H,2,27-28H2;/q+1;/b25-24+,33-30?,34-26?;. The molecule has 4 aromatic rings. The van der Waals surface area contributed by atoms with Gasteiger partial charge in [-0.1, -0.05) is 0 Å². The predicted molar refractivity (Wildman–Crippen MR) is 168 cm³/mol. The first-order chi connectivity index (χ1) is 19.7. The quantitative estimate of drug-likeness (QED) is 0.115. The third-order valence-corrected chi connectivity index (χ3v) is 12.4. The molecule has 5 rings (SSSR count). The van der Waals surface area contributed by atoms with Crippen LogP contribution in [0.2, 0.25) is 0 Å². The van der Waals surface area contributed by atoms with Crippen LogP contribution in [0.3, 0.4) is 0 Å². The molecule has 0 aromatic heterocycles. The Labute approximate surface area is 248 Å².